The lowest BCUT2D eigenvalue weighted by molar-refractivity contribution is 0.148. The van der Waals surface area contributed by atoms with Gasteiger partial charge in [-0.25, -0.2) is 0 Å². The summed E-state index contributed by atoms with van der Waals surface area (Å²) in [6.07, 6.45) is 0. The van der Waals surface area contributed by atoms with E-state index in [9.17, 15) is 8.42 Å². The summed E-state index contributed by atoms with van der Waals surface area (Å²) in [6.45, 7) is 7.89. The van der Waals surface area contributed by atoms with Gasteiger partial charge in [0.15, 0.2) is 0 Å². The van der Waals surface area contributed by atoms with E-state index in [1.54, 1.807) is 0 Å². The average molecular weight is 265 g/mol. The SMILES string of the molecule is CCN(CC)S(=O)(=O)N1CCN(CCO)CC1. The molecule has 0 unspecified atom stereocenters. The number of rotatable bonds is 6. The molecule has 1 fully saturated rings. The molecule has 7 heteroatoms. The molecule has 1 saturated heterocycles. The molecule has 1 heterocycles. The molecule has 1 aliphatic rings. The van der Waals surface area contributed by atoms with Crippen LogP contribution in [-0.2, 0) is 10.2 Å². The van der Waals surface area contributed by atoms with E-state index in [0.717, 1.165) is 0 Å². The molecule has 0 aliphatic carbocycles. The second-order valence-electron chi connectivity index (χ2n) is 4.06. The van der Waals surface area contributed by atoms with Gasteiger partial charge in [0.05, 0.1) is 6.61 Å². The second-order valence-corrected chi connectivity index (χ2v) is 5.98. The number of hydrogen-bond donors (Lipinski definition) is 1. The molecule has 0 aromatic rings. The summed E-state index contributed by atoms with van der Waals surface area (Å²) in [5, 5.41) is 8.83. The molecule has 6 nitrogen and oxygen atoms in total. The Kier molecular flexibility index (Phi) is 5.81. The van der Waals surface area contributed by atoms with Crippen LogP contribution in [0.4, 0.5) is 0 Å². The largest absolute Gasteiger partial charge is 0.395 e. The number of β-amino-alcohol motifs (C(OH)–C–C–N with tert-alkyl or cyclic N) is 1. The van der Waals surface area contributed by atoms with E-state index in [4.69, 9.17) is 5.11 Å². The molecule has 0 saturated carbocycles. The normalized spacial score (nSPS) is 20.0. The third-order valence-electron chi connectivity index (χ3n) is 3.11. The first-order valence-electron chi connectivity index (χ1n) is 6.14. The van der Waals surface area contributed by atoms with Crippen molar-refractivity contribution in [3.05, 3.63) is 0 Å². The highest BCUT2D eigenvalue weighted by atomic mass is 32.2. The zero-order valence-electron chi connectivity index (χ0n) is 10.7. The molecule has 0 amide bonds. The molecule has 1 aliphatic heterocycles. The van der Waals surface area contributed by atoms with E-state index in [1.165, 1.54) is 8.61 Å². The minimum Gasteiger partial charge on any atom is -0.395 e. The first-order valence-corrected chi connectivity index (χ1v) is 7.54. The highest BCUT2D eigenvalue weighted by Gasteiger charge is 2.30. The molecular weight excluding hydrogens is 242 g/mol. The predicted molar refractivity (Wildman–Crippen MR) is 66.9 cm³/mol. The lowest BCUT2D eigenvalue weighted by Crippen LogP contribution is -2.53. The number of aliphatic hydroxyl groups excluding tert-OH is 1. The molecule has 0 bridgehead atoms. The third-order valence-corrected chi connectivity index (χ3v) is 5.29. The zero-order valence-corrected chi connectivity index (χ0v) is 11.5. The Morgan fingerprint density at radius 2 is 1.65 bits per heavy atom. The van der Waals surface area contributed by atoms with Crippen molar-refractivity contribution in [3.8, 4) is 0 Å². The quantitative estimate of drug-likeness (QED) is 0.682. The average Bonchev–Trinajstić information content (AvgIpc) is 2.31. The van der Waals surface area contributed by atoms with Crippen molar-refractivity contribution in [3.63, 3.8) is 0 Å². The summed E-state index contributed by atoms with van der Waals surface area (Å²) in [6, 6.07) is 0. The van der Waals surface area contributed by atoms with E-state index >= 15 is 0 Å². The number of nitrogens with zero attached hydrogens (tertiary/aromatic N) is 3. The van der Waals surface area contributed by atoms with E-state index < -0.39 is 10.2 Å². The molecular formula is C10H23N3O3S. The van der Waals surface area contributed by atoms with Crippen molar-refractivity contribution >= 4 is 10.2 Å². The number of hydrogen-bond acceptors (Lipinski definition) is 4. The van der Waals surface area contributed by atoms with Gasteiger partial charge < -0.3 is 5.11 Å². The minimum absolute atomic E-state index is 0.128. The van der Waals surface area contributed by atoms with Gasteiger partial charge in [-0.15, -0.1) is 0 Å². The van der Waals surface area contributed by atoms with Gasteiger partial charge in [-0.3, -0.25) is 4.90 Å². The van der Waals surface area contributed by atoms with Gasteiger partial charge >= 0.3 is 0 Å². The smallest absolute Gasteiger partial charge is 0.282 e. The Morgan fingerprint density at radius 1 is 1.12 bits per heavy atom. The molecule has 1 N–H and O–H groups in total. The zero-order chi connectivity index (χ0) is 12.9. The van der Waals surface area contributed by atoms with Crippen LogP contribution >= 0.6 is 0 Å². The Balaban J connectivity index is 2.58. The Labute approximate surface area is 104 Å². The van der Waals surface area contributed by atoms with Gasteiger partial charge in [0.2, 0.25) is 0 Å². The highest BCUT2D eigenvalue weighted by Crippen LogP contribution is 2.11. The molecule has 0 aromatic heterocycles. The topological polar surface area (TPSA) is 64.1 Å². The highest BCUT2D eigenvalue weighted by molar-refractivity contribution is 7.86. The fourth-order valence-corrected chi connectivity index (χ4v) is 3.64. The monoisotopic (exact) mass is 265 g/mol. The van der Waals surface area contributed by atoms with Crippen LogP contribution < -0.4 is 0 Å². The van der Waals surface area contributed by atoms with Crippen LogP contribution in [-0.4, -0.2) is 79.5 Å². The van der Waals surface area contributed by atoms with Crippen LogP contribution in [0.2, 0.25) is 0 Å². The van der Waals surface area contributed by atoms with Gasteiger partial charge in [0, 0.05) is 45.8 Å². The van der Waals surface area contributed by atoms with Crippen LogP contribution in [0.3, 0.4) is 0 Å². The molecule has 0 atom stereocenters. The molecule has 0 radical (unpaired) electrons. The second kappa shape index (κ2) is 6.65. The lowest BCUT2D eigenvalue weighted by atomic mass is 10.4. The molecule has 1 rings (SSSR count). The first kappa shape index (κ1) is 14.8. The van der Waals surface area contributed by atoms with E-state index in [-0.39, 0.29) is 6.61 Å². The maximum atomic E-state index is 12.2. The van der Waals surface area contributed by atoms with Crippen LogP contribution in [0.15, 0.2) is 0 Å². The summed E-state index contributed by atoms with van der Waals surface area (Å²) < 4.78 is 27.4. The molecule has 0 aromatic carbocycles. The minimum atomic E-state index is -3.29. The van der Waals surface area contributed by atoms with Gasteiger partial charge in [-0.05, 0) is 0 Å². The molecule has 0 spiro atoms. The van der Waals surface area contributed by atoms with Crippen molar-refractivity contribution in [2.24, 2.45) is 0 Å². The van der Waals surface area contributed by atoms with Crippen LogP contribution in [0.25, 0.3) is 0 Å². The maximum Gasteiger partial charge on any atom is 0.282 e. The third kappa shape index (κ3) is 3.62. The van der Waals surface area contributed by atoms with Crippen molar-refractivity contribution in [1.29, 1.82) is 0 Å². The van der Waals surface area contributed by atoms with Crippen LogP contribution in [0, 0.1) is 0 Å². The first-order chi connectivity index (χ1) is 8.06. The summed E-state index contributed by atoms with van der Waals surface area (Å²) in [5.41, 5.74) is 0. The number of aliphatic hydroxyl groups is 1. The van der Waals surface area contributed by atoms with Crippen molar-refractivity contribution in [2.75, 3.05) is 52.4 Å². The van der Waals surface area contributed by atoms with Crippen LogP contribution in [0.5, 0.6) is 0 Å². The molecule has 17 heavy (non-hydrogen) atoms. The summed E-state index contributed by atoms with van der Waals surface area (Å²) >= 11 is 0. The fraction of sp³-hybridized carbons (Fsp3) is 1.00. The number of piperazine rings is 1. The van der Waals surface area contributed by atoms with Crippen molar-refractivity contribution < 1.29 is 13.5 Å². The molecule has 102 valence electrons. The van der Waals surface area contributed by atoms with E-state index in [2.05, 4.69) is 4.90 Å². The van der Waals surface area contributed by atoms with Gasteiger partial charge in [-0.2, -0.15) is 17.0 Å². The van der Waals surface area contributed by atoms with Crippen molar-refractivity contribution in [1.82, 2.24) is 13.5 Å². The summed E-state index contributed by atoms with van der Waals surface area (Å²) in [7, 11) is -3.29. The summed E-state index contributed by atoms with van der Waals surface area (Å²) in [5.74, 6) is 0. The fourth-order valence-electron chi connectivity index (χ4n) is 2.04. The standard InChI is InChI=1S/C10H23N3O3S/c1-3-12(4-2)17(15,16)13-7-5-11(6-8-13)9-10-14/h14H,3-10H2,1-2H3. The van der Waals surface area contributed by atoms with Crippen molar-refractivity contribution in [2.45, 2.75) is 13.8 Å². The maximum absolute atomic E-state index is 12.2. The van der Waals surface area contributed by atoms with Gasteiger partial charge in [0.1, 0.15) is 0 Å². The lowest BCUT2D eigenvalue weighted by Gasteiger charge is -2.35. The Hall–Kier alpha value is -0.210. The van der Waals surface area contributed by atoms with Gasteiger partial charge in [0.25, 0.3) is 10.2 Å². The Morgan fingerprint density at radius 3 is 2.06 bits per heavy atom. The van der Waals surface area contributed by atoms with Gasteiger partial charge in [-0.1, -0.05) is 13.8 Å². The Bertz CT molecular complexity index is 309. The van der Waals surface area contributed by atoms with Crippen LogP contribution in [0.1, 0.15) is 13.8 Å². The van der Waals surface area contributed by atoms with E-state index in [1.807, 2.05) is 13.8 Å². The van der Waals surface area contributed by atoms with E-state index in [0.29, 0.717) is 45.8 Å². The predicted octanol–water partition coefficient (Wildman–Crippen LogP) is -0.817. The summed E-state index contributed by atoms with van der Waals surface area (Å²) in [4.78, 5) is 2.08.